The molecule has 0 spiro atoms. The van der Waals surface area contributed by atoms with Crippen molar-refractivity contribution in [1.82, 2.24) is 19.2 Å². The number of piperazine rings is 1. The molecule has 34 heavy (non-hydrogen) atoms. The van der Waals surface area contributed by atoms with E-state index in [-0.39, 0.29) is 6.04 Å². The zero-order chi connectivity index (χ0) is 23.5. The van der Waals surface area contributed by atoms with Crippen LogP contribution in [0.1, 0.15) is 44.5 Å². The van der Waals surface area contributed by atoms with Crippen LogP contribution in [0.4, 0.5) is 5.82 Å². The van der Waals surface area contributed by atoms with Crippen molar-refractivity contribution >= 4 is 27.7 Å². The standard InChI is InChI=1S/C26H33N5O2S/c1-19(30-15-17-31(18-16-30)34(32)22-13-11-21(33-2)12-14-22)25-28-24-10-6-5-9-23(24)26(29-25)27-20-7-3-4-8-20/h5-6,9-14,19-20H,3-4,7-8,15-18H2,1-2H3,(H,27,28,29). The monoisotopic (exact) mass is 479 g/mol. The van der Waals surface area contributed by atoms with E-state index in [1.807, 2.05) is 34.6 Å². The molecule has 2 fully saturated rings. The van der Waals surface area contributed by atoms with Crippen LogP contribution < -0.4 is 10.1 Å². The van der Waals surface area contributed by atoms with Crippen molar-refractivity contribution in [3.63, 3.8) is 0 Å². The van der Waals surface area contributed by atoms with Crippen LogP contribution in [0.3, 0.4) is 0 Å². The van der Waals surface area contributed by atoms with Gasteiger partial charge in [0.15, 0.2) is 0 Å². The number of nitrogens with one attached hydrogen (secondary N) is 1. The maximum Gasteiger partial charge on any atom is 0.148 e. The third kappa shape index (κ3) is 4.94. The Morgan fingerprint density at radius 3 is 2.41 bits per heavy atom. The van der Waals surface area contributed by atoms with E-state index in [0.717, 1.165) is 59.4 Å². The van der Waals surface area contributed by atoms with Gasteiger partial charge < -0.3 is 10.1 Å². The van der Waals surface area contributed by atoms with Gasteiger partial charge >= 0.3 is 0 Å². The number of aromatic nitrogens is 2. The molecule has 2 aliphatic rings. The Kier molecular flexibility index (Phi) is 7.08. The number of para-hydroxylation sites is 1. The minimum Gasteiger partial charge on any atom is -0.497 e. The molecule has 2 unspecified atom stereocenters. The highest BCUT2D eigenvalue weighted by atomic mass is 32.2. The molecular weight excluding hydrogens is 446 g/mol. The summed E-state index contributed by atoms with van der Waals surface area (Å²) in [5.74, 6) is 2.58. The lowest BCUT2D eigenvalue weighted by Crippen LogP contribution is -2.47. The number of ether oxygens (including phenoxy) is 1. The van der Waals surface area contributed by atoms with E-state index in [0.29, 0.717) is 6.04 Å². The molecule has 5 rings (SSSR count). The van der Waals surface area contributed by atoms with E-state index in [9.17, 15) is 4.21 Å². The highest BCUT2D eigenvalue weighted by Gasteiger charge is 2.28. The third-order valence-corrected chi connectivity index (χ3v) is 8.52. The lowest BCUT2D eigenvalue weighted by molar-refractivity contribution is 0.144. The number of hydrogen-bond donors (Lipinski definition) is 1. The molecule has 2 aromatic carbocycles. The van der Waals surface area contributed by atoms with Gasteiger partial charge in [-0.25, -0.2) is 18.5 Å². The highest BCUT2D eigenvalue weighted by Crippen LogP contribution is 2.29. The molecule has 1 aliphatic carbocycles. The van der Waals surface area contributed by atoms with Gasteiger partial charge in [-0.1, -0.05) is 25.0 Å². The molecule has 1 aliphatic heterocycles. The fourth-order valence-electron chi connectivity index (χ4n) is 4.92. The molecule has 180 valence electrons. The molecule has 0 radical (unpaired) electrons. The molecule has 1 aromatic heterocycles. The van der Waals surface area contributed by atoms with Crippen molar-refractivity contribution in [2.45, 2.75) is 49.6 Å². The second kappa shape index (κ2) is 10.4. The quantitative estimate of drug-likeness (QED) is 0.542. The molecule has 8 heteroatoms. The minimum atomic E-state index is -1.17. The highest BCUT2D eigenvalue weighted by molar-refractivity contribution is 7.82. The largest absolute Gasteiger partial charge is 0.497 e. The summed E-state index contributed by atoms with van der Waals surface area (Å²) in [7, 11) is 0.470. The lowest BCUT2D eigenvalue weighted by atomic mass is 10.1. The molecule has 2 atom stereocenters. The first kappa shape index (κ1) is 23.2. The number of rotatable bonds is 7. The summed E-state index contributed by atoms with van der Waals surface area (Å²) in [6.07, 6.45) is 4.98. The normalized spacial score (nSPS) is 19.8. The maximum absolute atomic E-state index is 13.0. The van der Waals surface area contributed by atoms with Gasteiger partial charge in [0.1, 0.15) is 28.4 Å². The van der Waals surface area contributed by atoms with Crippen LogP contribution >= 0.6 is 0 Å². The van der Waals surface area contributed by atoms with Crippen LogP contribution in [0.15, 0.2) is 53.4 Å². The molecule has 1 N–H and O–H groups in total. The van der Waals surface area contributed by atoms with Gasteiger partial charge in [0.2, 0.25) is 0 Å². The zero-order valence-corrected chi connectivity index (χ0v) is 20.8. The summed E-state index contributed by atoms with van der Waals surface area (Å²) < 4.78 is 20.3. The average Bonchev–Trinajstić information content (AvgIpc) is 3.41. The van der Waals surface area contributed by atoms with Gasteiger partial charge in [0, 0.05) is 37.6 Å². The predicted octanol–water partition coefficient (Wildman–Crippen LogP) is 4.39. The Balaban J connectivity index is 1.28. The molecular formula is C26H33N5O2S. The van der Waals surface area contributed by atoms with Crippen molar-refractivity contribution < 1.29 is 8.95 Å². The summed E-state index contributed by atoms with van der Waals surface area (Å²) in [4.78, 5) is 13.1. The fraction of sp³-hybridized carbons (Fsp3) is 0.462. The second-order valence-electron chi connectivity index (χ2n) is 9.14. The number of fused-ring (bicyclic) bond motifs is 1. The summed E-state index contributed by atoms with van der Waals surface area (Å²) in [6, 6.07) is 16.3. The van der Waals surface area contributed by atoms with Gasteiger partial charge in [-0.2, -0.15) is 0 Å². The van der Waals surface area contributed by atoms with E-state index >= 15 is 0 Å². The Bertz CT molecular complexity index is 1140. The summed E-state index contributed by atoms with van der Waals surface area (Å²) >= 11 is 0. The first-order chi connectivity index (χ1) is 16.6. The van der Waals surface area contributed by atoms with Crippen LogP contribution in [0.2, 0.25) is 0 Å². The summed E-state index contributed by atoms with van der Waals surface area (Å²) in [6.45, 7) is 5.31. The topological polar surface area (TPSA) is 70.6 Å². The Morgan fingerprint density at radius 1 is 1.00 bits per heavy atom. The van der Waals surface area contributed by atoms with Crippen LogP contribution in [-0.4, -0.2) is 62.7 Å². The van der Waals surface area contributed by atoms with E-state index in [2.05, 4.69) is 35.3 Å². The van der Waals surface area contributed by atoms with E-state index < -0.39 is 11.0 Å². The number of nitrogens with zero attached hydrogens (tertiary/aromatic N) is 4. The van der Waals surface area contributed by atoms with Gasteiger partial charge in [-0.05, 0) is 56.2 Å². The lowest BCUT2D eigenvalue weighted by Gasteiger charge is -2.36. The molecule has 7 nitrogen and oxygen atoms in total. The van der Waals surface area contributed by atoms with Crippen molar-refractivity contribution in [3.8, 4) is 5.75 Å². The first-order valence-electron chi connectivity index (χ1n) is 12.2. The summed E-state index contributed by atoms with van der Waals surface area (Å²) in [5.41, 5.74) is 0.985. The third-order valence-electron chi connectivity index (χ3n) is 7.01. The minimum absolute atomic E-state index is 0.0882. The van der Waals surface area contributed by atoms with E-state index in [1.54, 1.807) is 7.11 Å². The van der Waals surface area contributed by atoms with Crippen LogP contribution in [0.5, 0.6) is 5.75 Å². The van der Waals surface area contributed by atoms with Gasteiger partial charge in [-0.15, -0.1) is 0 Å². The molecule has 2 heterocycles. The SMILES string of the molecule is COc1ccc(S(=O)N2CCN(C(C)c3nc(NC4CCCC4)c4ccccc4n3)CC2)cc1. The second-order valence-corrected chi connectivity index (χ2v) is 10.6. The van der Waals surface area contributed by atoms with Crippen LogP contribution in [0, 0.1) is 0 Å². The predicted molar refractivity (Wildman–Crippen MR) is 136 cm³/mol. The number of methoxy groups -OCH3 is 1. The first-order valence-corrected chi connectivity index (χ1v) is 13.3. The van der Waals surface area contributed by atoms with Crippen molar-refractivity contribution in [1.29, 1.82) is 0 Å². The molecule has 3 aromatic rings. The van der Waals surface area contributed by atoms with Crippen LogP contribution in [-0.2, 0) is 11.0 Å². The van der Waals surface area contributed by atoms with E-state index in [4.69, 9.17) is 14.7 Å². The Labute approximate surface area is 204 Å². The molecule has 0 bridgehead atoms. The van der Waals surface area contributed by atoms with Gasteiger partial charge in [-0.3, -0.25) is 4.90 Å². The summed E-state index contributed by atoms with van der Waals surface area (Å²) in [5, 5.41) is 4.79. The van der Waals surface area contributed by atoms with E-state index in [1.165, 1.54) is 25.7 Å². The van der Waals surface area contributed by atoms with Gasteiger partial charge in [0.25, 0.3) is 0 Å². The number of anilines is 1. The average molecular weight is 480 g/mol. The Hall–Kier alpha value is -2.55. The number of hydrogen-bond acceptors (Lipinski definition) is 6. The fourth-order valence-corrected chi connectivity index (χ4v) is 6.08. The number of benzene rings is 2. The molecule has 1 saturated heterocycles. The molecule has 1 saturated carbocycles. The van der Waals surface area contributed by atoms with Crippen molar-refractivity contribution in [3.05, 3.63) is 54.4 Å². The Morgan fingerprint density at radius 2 is 1.71 bits per heavy atom. The smallest absolute Gasteiger partial charge is 0.148 e. The van der Waals surface area contributed by atoms with Crippen molar-refractivity contribution in [2.24, 2.45) is 0 Å². The molecule has 0 amide bonds. The van der Waals surface area contributed by atoms with Gasteiger partial charge in [0.05, 0.1) is 23.6 Å². The van der Waals surface area contributed by atoms with Crippen LogP contribution in [0.25, 0.3) is 10.9 Å². The maximum atomic E-state index is 13.0. The van der Waals surface area contributed by atoms with Crippen molar-refractivity contribution in [2.75, 3.05) is 38.6 Å². The zero-order valence-electron chi connectivity index (χ0n) is 19.9.